The molecule has 0 radical (unpaired) electrons. The number of rotatable bonds is 4. The molecule has 0 fully saturated rings. The lowest BCUT2D eigenvalue weighted by atomic mass is 10.1. The number of para-hydroxylation sites is 1. The molecule has 0 aromatic heterocycles. The van der Waals surface area contributed by atoms with Gasteiger partial charge in [-0.1, -0.05) is 31.2 Å². The van der Waals surface area contributed by atoms with E-state index in [4.69, 9.17) is 4.74 Å². The summed E-state index contributed by atoms with van der Waals surface area (Å²) in [6.45, 7) is 4.65. The van der Waals surface area contributed by atoms with Gasteiger partial charge in [0.05, 0.1) is 23.8 Å². The lowest BCUT2D eigenvalue weighted by Gasteiger charge is -2.29. The molecule has 6 nitrogen and oxygen atoms in total. The van der Waals surface area contributed by atoms with Crippen molar-refractivity contribution in [1.29, 1.82) is 0 Å². The van der Waals surface area contributed by atoms with Crippen molar-refractivity contribution in [3.63, 3.8) is 0 Å². The Hall–Kier alpha value is -2.60. The Morgan fingerprint density at radius 3 is 2.84 bits per heavy atom. The molecule has 2 amide bonds. The van der Waals surface area contributed by atoms with Crippen molar-refractivity contribution in [3.8, 4) is 0 Å². The van der Waals surface area contributed by atoms with E-state index in [9.17, 15) is 14.7 Å². The molecule has 2 atom stereocenters. The van der Waals surface area contributed by atoms with E-state index in [2.05, 4.69) is 0 Å². The molecule has 2 unspecified atom stereocenters. The van der Waals surface area contributed by atoms with Gasteiger partial charge < -0.3 is 14.7 Å². The van der Waals surface area contributed by atoms with Crippen LogP contribution in [0.1, 0.15) is 30.6 Å². The highest BCUT2D eigenvalue weighted by atomic mass is 16.5. The van der Waals surface area contributed by atoms with E-state index in [0.29, 0.717) is 17.9 Å². The molecular weight excluding hydrogens is 320 g/mol. The number of nitrogens with zero attached hydrogens (tertiary/aromatic N) is 2. The third kappa shape index (κ3) is 3.05. The molecule has 6 heteroatoms. The Kier molecular flexibility index (Phi) is 4.90. The smallest absolute Gasteiger partial charge is 0.411 e. The second-order valence-electron chi connectivity index (χ2n) is 6.11. The summed E-state index contributed by atoms with van der Waals surface area (Å²) in [6.07, 6.45) is 5.04. The van der Waals surface area contributed by atoms with Crippen molar-refractivity contribution in [2.24, 2.45) is 0 Å². The minimum Gasteiger partial charge on any atom is -0.465 e. The maximum absolute atomic E-state index is 13.0. The topological polar surface area (TPSA) is 70.1 Å². The van der Waals surface area contributed by atoms with Crippen LogP contribution < -0.4 is 4.90 Å². The number of ether oxygens (including phenoxy) is 1. The number of carboxylic acid groups (broad SMARTS) is 1. The molecule has 1 N–H and O–H groups in total. The summed E-state index contributed by atoms with van der Waals surface area (Å²) in [4.78, 5) is 27.7. The van der Waals surface area contributed by atoms with Gasteiger partial charge in [0.2, 0.25) is 0 Å². The molecule has 0 bridgehead atoms. The lowest BCUT2D eigenvalue weighted by molar-refractivity contribution is 0.0368. The summed E-state index contributed by atoms with van der Waals surface area (Å²) >= 11 is 0. The van der Waals surface area contributed by atoms with Crippen LogP contribution in [0.3, 0.4) is 0 Å². The predicted octanol–water partition coefficient (Wildman–Crippen LogP) is 3.26. The minimum absolute atomic E-state index is 0.171. The van der Waals surface area contributed by atoms with E-state index in [0.717, 1.165) is 12.0 Å². The van der Waals surface area contributed by atoms with Crippen LogP contribution in [-0.4, -0.2) is 47.3 Å². The van der Waals surface area contributed by atoms with Crippen molar-refractivity contribution < 1.29 is 19.4 Å². The highest BCUT2D eigenvalue weighted by Gasteiger charge is 2.43. The van der Waals surface area contributed by atoms with E-state index in [1.807, 2.05) is 26.0 Å². The first-order valence-corrected chi connectivity index (χ1v) is 8.46. The van der Waals surface area contributed by atoms with Gasteiger partial charge in [-0.15, -0.1) is 0 Å². The van der Waals surface area contributed by atoms with Crippen LogP contribution in [0.2, 0.25) is 0 Å². The number of allylic oxidation sites excluding steroid dienone is 1. The molecular formula is C19H22N2O4. The van der Waals surface area contributed by atoms with E-state index in [-0.39, 0.29) is 24.6 Å². The van der Waals surface area contributed by atoms with Gasteiger partial charge in [0.25, 0.3) is 5.91 Å². The molecule has 1 aromatic rings. The average molecular weight is 342 g/mol. The fraction of sp³-hybridized carbons (Fsp3) is 0.368. The summed E-state index contributed by atoms with van der Waals surface area (Å²) in [5, 5.41) is 9.67. The first-order chi connectivity index (χ1) is 12.1. The van der Waals surface area contributed by atoms with Gasteiger partial charge in [0.15, 0.2) is 0 Å². The van der Waals surface area contributed by atoms with E-state index in [1.165, 1.54) is 4.90 Å². The number of hydrogen-bond donors (Lipinski definition) is 1. The van der Waals surface area contributed by atoms with E-state index >= 15 is 0 Å². The zero-order valence-electron chi connectivity index (χ0n) is 14.4. The van der Waals surface area contributed by atoms with E-state index in [1.54, 1.807) is 35.4 Å². The standard InChI is InChI=1S/C19H22N2O4/c1-3-7-13-11-20-16(17(13)25-10-4-2)12-21(19(23)24)15-9-6-5-8-14(15)18(20)22/h3,5-9,11,16-17H,4,10,12H2,1-2H3,(H,23,24)/b7-3+. The summed E-state index contributed by atoms with van der Waals surface area (Å²) in [6, 6.07) is 6.44. The first-order valence-electron chi connectivity index (χ1n) is 8.46. The molecule has 0 spiro atoms. The molecule has 1 aromatic carbocycles. The lowest BCUT2D eigenvalue weighted by Crippen LogP contribution is -2.47. The fourth-order valence-electron chi connectivity index (χ4n) is 3.37. The largest absolute Gasteiger partial charge is 0.465 e. The van der Waals surface area contributed by atoms with Crippen molar-refractivity contribution in [1.82, 2.24) is 4.90 Å². The second-order valence-corrected chi connectivity index (χ2v) is 6.11. The zero-order valence-corrected chi connectivity index (χ0v) is 14.4. The van der Waals surface area contributed by atoms with Crippen molar-refractivity contribution in [3.05, 3.63) is 53.8 Å². The highest BCUT2D eigenvalue weighted by Crippen LogP contribution is 2.35. The Morgan fingerprint density at radius 2 is 2.16 bits per heavy atom. The molecule has 2 heterocycles. The Balaban J connectivity index is 2.06. The van der Waals surface area contributed by atoms with Crippen molar-refractivity contribution in [2.75, 3.05) is 18.1 Å². The number of carbonyl (C=O) groups excluding carboxylic acids is 1. The maximum Gasteiger partial charge on any atom is 0.411 e. The third-order valence-electron chi connectivity index (χ3n) is 4.44. The van der Waals surface area contributed by atoms with Gasteiger partial charge in [0.1, 0.15) is 6.10 Å². The second kappa shape index (κ2) is 7.11. The summed E-state index contributed by atoms with van der Waals surface area (Å²) in [7, 11) is 0. The molecule has 0 aliphatic carbocycles. The number of hydrogen-bond acceptors (Lipinski definition) is 3. The van der Waals surface area contributed by atoms with Crippen LogP contribution in [0, 0.1) is 0 Å². The molecule has 3 rings (SSSR count). The Labute approximate surface area is 147 Å². The maximum atomic E-state index is 13.0. The summed E-state index contributed by atoms with van der Waals surface area (Å²) in [5.41, 5.74) is 1.70. The predicted molar refractivity (Wildman–Crippen MR) is 94.7 cm³/mol. The molecule has 2 aliphatic heterocycles. The minimum atomic E-state index is -1.07. The number of benzene rings is 1. The van der Waals surface area contributed by atoms with Crippen molar-refractivity contribution in [2.45, 2.75) is 32.4 Å². The van der Waals surface area contributed by atoms with Crippen LogP contribution in [-0.2, 0) is 4.74 Å². The SMILES string of the molecule is C/C=C/C1=CN2C(=O)c3ccccc3N(C(=O)O)CC2C1OCCC. The van der Waals surface area contributed by atoms with Gasteiger partial charge in [-0.3, -0.25) is 9.69 Å². The van der Waals surface area contributed by atoms with Crippen LogP contribution in [0.4, 0.5) is 10.5 Å². The molecule has 132 valence electrons. The van der Waals surface area contributed by atoms with Gasteiger partial charge in [0, 0.05) is 12.8 Å². The number of anilines is 1. The third-order valence-corrected chi connectivity index (χ3v) is 4.44. The Bertz CT molecular complexity index is 741. The normalized spacial score (nSPS) is 22.6. The highest BCUT2D eigenvalue weighted by molar-refractivity contribution is 6.05. The average Bonchev–Trinajstić information content (AvgIpc) is 2.88. The number of fused-ring (bicyclic) bond motifs is 2. The zero-order chi connectivity index (χ0) is 18.0. The van der Waals surface area contributed by atoms with Gasteiger partial charge in [-0.25, -0.2) is 4.79 Å². The molecule has 0 saturated heterocycles. The van der Waals surface area contributed by atoms with Gasteiger partial charge >= 0.3 is 6.09 Å². The van der Waals surface area contributed by atoms with Gasteiger partial charge in [-0.05, 0) is 31.1 Å². The quantitative estimate of drug-likeness (QED) is 0.912. The van der Waals surface area contributed by atoms with Crippen LogP contribution in [0.25, 0.3) is 0 Å². The molecule has 25 heavy (non-hydrogen) atoms. The number of carbonyl (C=O) groups is 2. The Morgan fingerprint density at radius 1 is 1.40 bits per heavy atom. The van der Waals surface area contributed by atoms with Crippen molar-refractivity contribution >= 4 is 17.7 Å². The fourth-order valence-corrected chi connectivity index (χ4v) is 3.37. The number of amides is 2. The van der Waals surface area contributed by atoms with Crippen LogP contribution >= 0.6 is 0 Å². The van der Waals surface area contributed by atoms with Gasteiger partial charge in [-0.2, -0.15) is 0 Å². The molecule has 0 saturated carbocycles. The monoisotopic (exact) mass is 342 g/mol. The first kappa shape index (κ1) is 17.2. The van der Waals surface area contributed by atoms with E-state index < -0.39 is 6.09 Å². The molecule has 2 aliphatic rings. The summed E-state index contributed by atoms with van der Waals surface area (Å²) < 4.78 is 5.98. The van der Waals surface area contributed by atoms with Crippen LogP contribution in [0.5, 0.6) is 0 Å². The van der Waals surface area contributed by atoms with Crippen LogP contribution in [0.15, 0.2) is 48.2 Å². The summed E-state index contributed by atoms with van der Waals surface area (Å²) in [5.74, 6) is -0.200.